The van der Waals surface area contributed by atoms with Crippen molar-refractivity contribution >= 4 is 28.0 Å². The van der Waals surface area contributed by atoms with E-state index in [9.17, 15) is 9.59 Å². The highest BCUT2D eigenvalue weighted by Crippen LogP contribution is 2.22. The molecular weight excluding hydrogens is 386 g/mol. The number of hydrogen-bond acceptors (Lipinski definition) is 4. The first kappa shape index (κ1) is 19.8. The van der Waals surface area contributed by atoms with E-state index < -0.39 is 23.7 Å². The van der Waals surface area contributed by atoms with E-state index in [2.05, 4.69) is 21.2 Å². The lowest BCUT2D eigenvalue weighted by Crippen LogP contribution is -2.46. The second-order valence-corrected chi connectivity index (χ2v) is 8.29. The van der Waals surface area contributed by atoms with Crippen LogP contribution in [-0.2, 0) is 20.7 Å². The molecule has 2 rings (SSSR count). The van der Waals surface area contributed by atoms with E-state index in [-0.39, 0.29) is 6.10 Å². The second kappa shape index (κ2) is 8.70. The first-order valence-corrected chi connectivity index (χ1v) is 9.47. The van der Waals surface area contributed by atoms with Crippen LogP contribution < -0.4 is 5.32 Å². The molecule has 6 heteroatoms. The number of halogens is 1. The molecule has 0 bridgehead atoms. The quantitative estimate of drug-likeness (QED) is 0.730. The normalized spacial score (nSPS) is 16.3. The molecule has 1 aromatic rings. The van der Waals surface area contributed by atoms with Gasteiger partial charge in [-0.1, -0.05) is 28.1 Å². The molecule has 1 fully saturated rings. The van der Waals surface area contributed by atoms with Gasteiger partial charge in [-0.05, 0) is 64.2 Å². The van der Waals surface area contributed by atoms with Gasteiger partial charge in [-0.15, -0.1) is 0 Å². The van der Waals surface area contributed by atoms with E-state index in [4.69, 9.17) is 9.47 Å². The summed E-state index contributed by atoms with van der Waals surface area (Å²) in [6.07, 6.45) is 3.65. The van der Waals surface area contributed by atoms with Crippen molar-refractivity contribution in [1.82, 2.24) is 5.32 Å². The van der Waals surface area contributed by atoms with Crippen LogP contribution in [-0.4, -0.2) is 29.8 Å². The number of ether oxygens (including phenoxy) is 2. The number of benzene rings is 1. The molecule has 0 saturated heterocycles. The molecule has 0 radical (unpaired) electrons. The summed E-state index contributed by atoms with van der Waals surface area (Å²) >= 11 is 3.39. The second-order valence-electron chi connectivity index (χ2n) is 7.37. The minimum absolute atomic E-state index is 0.0413. The molecule has 1 N–H and O–H groups in total. The zero-order valence-corrected chi connectivity index (χ0v) is 16.6. The zero-order chi connectivity index (χ0) is 18.4. The van der Waals surface area contributed by atoms with Gasteiger partial charge < -0.3 is 14.8 Å². The molecule has 1 saturated carbocycles. The van der Waals surface area contributed by atoms with Gasteiger partial charge in [0, 0.05) is 10.9 Å². The van der Waals surface area contributed by atoms with Crippen LogP contribution in [0.1, 0.15) is 52.0 Å². The molecular formula is C19H26BrNO4. The number of rotatable bonds is 5. The molecule has 1 atom stereocenters. The van der Waals surface area contributed by atoms with Gasteiger partial charge >= 0.3 is 12.1 Å². The number of carbonyl (C=O) groups excluding carboxylic acids is 2. The maximum Gasteiger partial charge on any atom is 0.408 e. The summed E-state index contributed by atoms with van der Waals surface area (Å²) in [5.41, 5.74) is 0.314. The van der Waals surface area contributed by atoms with E-state index in [1.54, 1.807) is 20.8 Å². The Morgan fingerprint density at radius 3 is 2.36 bits per heavy atom. The monoisotopic (exact) mass is 411 g/mol. The number of carbonyl (C=O) groups is 2. The lowest BCUT2D eigenvalue weighted by molar-refractivity contribution is -0.151. The van der Waals surface area contributed by atoms with Crippen molar-refractivity contribution in [3.05, 3.63) is 34.3 Å². The predicted octanol–water partition coefficient (Wildman–Crippen LogP) is 4.37. The minimum atomic E-state index is -0.767. The van der Waals surface area contributed by atoms with Crippen LogP contribution in [0.15, 0.2) is 28.7 Å². The Morgan fingerprint density at radius 1 is 1.20 bits per heavy atom. The van der Waals surface area contributed by atoms with Gasteiger partial charge in [-0.2, -0.15) is 0 Å². The maximum absolute atomic E-state index is 12.6. The van der Waals surface area contributed by atoms with Gasteiger partial charge in [-0.25, -0.2) is 9.59 Å². The Morgan fingerprint density at radius 2 is 1.80 bits per heavy atom. The summed E-state index contributed by atoms with van der Waals surface area (Å²) in [6, 6.07) is 6.87. The van der Waals surface area contributed by atoms with Crippen molar-refractivity contribution in [2.24, 2.45) is 0 Å². The molecule has 5 nitrogen and oxygen atoms in total. The largest absolute Gasteiger partial charge is 0.461 e. The molecule has 0 spiro atoms. The molecule has 0 aromatic heterocycles. The molecule has 1 aromatic carbocycles. The highest BCUT2D eigenvalue weighted by molar-refractivity contribution is 9.10. The van der Waals surface area contributed by atoms with Crippen LogP contribution in [0.25, 0.3) is 0 Å². The number of nitrogens with one attached hydrogen (secondary N) is 1. The third kappa shape index (κ3) is 7.06. The summed E-state index contributed by atoms with van der Waals surface area (Å²) in [6.45, 7) is 5.35. The molecule has 1 aliphatic rings. The lowest BCUT2D eigenvalue weighted by Gasteiger charge is -2.24. The number of hydrogen-bond donors (Lipinski definition) is 1. The summed E-state index contributed by atoms with van der Waals surface area (Å²) in [7, 11) is 0. The standard InChI is InChI=1S/C19H26BrNO4/c1-19(2,3)25-18(23)21-16(12-13-8-10-14(20)11-9-13)17(22)24-15-6-4-5-7-15/h8-11,15-16H,4-7,12H2,1-3H3,(H,21,23)/t16-/m0/s1. The van der Waals surface area contributed by atoms with E-state index in [1.165, 1.54) is 0 Å². The van der Waals surface area contributed by atoms with Crippen molar-refractivity contribution in [3.63, 3.8) is 0 Å². The molecule has 25 heavy (non-hydrogen) atoms. The summed E-state index contributed by atoms with van der Waals surface area (Å²) in [5, 5.41) is 2.66. The Bertz CT molecular complexity index is 588. The SMILES string of the molecule is CC(C)(C)OC(=O)N[C@@H](Cc1ccc(Br)cc1)C(=O)OC1CCCC1. The highest BCUT2D eigenvalue weighted by atomic mass is 79.9. The first-order chi connectivity index (χ1) is 11.7. The van der Waals surface area contributed by atoms with E-state index in [0.717, 1.165) is 35.7 Å². The van der Waals surface area contributed by atoms with Crippen LogP contribution in [0, 0.1) is 0 Å². The third-order valence-electron chi connectivity index (χ3n) is 3.91. The molecule has 0 aliphatic heterocycles. The van der Waals surface area contributed by atoms with Crippen molar-refractivity contribution < 1.29 is 19.1 Å². The van der Waals surface area contributed by atoms with Gasteiger partial charge in [0.1, 0.15) is 17.7 Å². The molecule has 0 unspecified atom stereocenters. The fourth-order valence-electron chi connectivity index (χ4n) is 2.75. The topological polar surface area (TPSA) is 64.6 Å². The zero-order valence-electron chi connectivity index (χ0n) is 15.0. The average molecular weight is 412 g/mol. The van der Waals surface area contributed by atoms with Crippen LogP contribution in [0.2, 0.25) is 0 Å². The smallest absolute Gasteiger partial charge is 0.408 e. The van der Waals surface area contributed by atoms with Gasteiger partial charge in [0.25, 0.3) is 0 Å². The summed E-state index contributed by atoms with van der Waals surface area (Å²) in [5.74, 6) is -0.402. The Labute approximate surface area is 157 Å². The van der Waals surface area contributed by atoms with Gasteiger partial charge in [-0.3, -0.25) is 0 Å². The number of alkyl carbamates (subject to hydrolysis) is 1. The minimum Gasteiger partial charge on any atom is -0.461 e. The van der Waals surface area contributed by atoms with Crippen molar-refractivity contribution in [2.75, 3.05) is 0 Å². The van der Waals surface area contributed by atoms with Gasteiger partial charge in [0.2, 0.25) is 0 Å². The van der Waals surface area contributed by atoms with Crippen LogP contribution in [0.3, 0.4) is 0 Å². The molecule has 1 amide bonds. The lowest BCUT2D eigenvalue weighted by atomic mass is 10.1. The van der Waals surface area contributed by atoms with Crippen LogP contribution >= 0.6 is 15.9 Å². The van der Waals surface area contributed by atoms with Gasteiger partial charge in [0.15, 0.2) is 0 Å². The molecule has 1 aliphatic carbocycles. The van der Waals surface area contributed by atoms with Crippen molar-refractivity contribution in [3.8, 4) is 0 Å². The highest BCUT2D eigenvalue weighted by Gasteiger charge is 2.28. The average Bonchev–Trinajstić information content (AvgIpc) is 2.99. The molecule has 138 valence electrons. The first-order valence-electron chi connectivity index (χ1n) is 8.67. The van der Waals surface area contributed by atoms with Crippen LogP contribution in [0.5, 0.6) is 0 Å². The van der Waals surface area contributed by atoms with Crippen LogP contribution in [0.4, 0.5) is 4.79 Å². The van der Waals surface area contributed by atoms with E-state index in [1.807, 2.05) is 24.3 Å². The van der Waals surface area contributed by atoms with Crippen molar-refractivity contribution in [1.29, 1.82) is 0 Å². The summed E-state index contributed by atoms with van der Waals surface area (Å²) < 4.78 is 11.8. The number of esters is 1. The fraction of sp³-hybridized carbons (Fsp3) is 0.579. The predicted molar refractivity (Wildman–Crippen MR) is 99.4 cm³/mol. The van der Waals surface area contributed by atoms with Gasteiger partial charge in [0.05, 0.1) is 0 Å². The van der Waals surface area contributed by atoms with E-state index >= 15 is 0 Å². The summed E-state index contributed by atoms with van der Waals surface area (Å²) in [4.78, 5) is 24.7. The van der Waals surface area contributed by atoms with Crippen molar-refractivity contribution in [2.45, 2.75) is 70.6 Å². The Hall–Kier alpha value is -1.56. The Kier molecular flexibility index (Phi) is 6.87. The maximum atomic E-state index is 12.6. The fourth-order valence-corrected chi connectivity index (χ4v) is 3.02. The van der Waals surface area contributed by atoms with E-state index in [0.29, 0.717) is 6.42 Å². The Balaban J connectivity index is 2.04. The number of amides is 1. The third-order valence-corrected chi connectivity index (χ3v) is 4.44. The molecule has 0 heterocycles.